The average molecular weight is 236 g/mol. The van der Waals surface area contributed by atoms with E-state index in [9.17, 15) is 0 Å². The molecule has 0 aromatic carbocycles. The fraction of sp³-hybridized carbons (Fsp3) is 0.667. The molecule has 1 fully saturated rings. The van der Waals surface area contributed by atoms with E-state index in [0.717, 1.165) is 18.9 Å². The Morgan fingerprint density at radius 3 is 2.53 bits per heavy atom. The molecule has 1 aromatic heterocycles. The van der Waals surface area contributed by atoms with Gasteiger partial charge in [-0.2, -0.15) is 4.98 Å². The van der Waals surface area contributed by atoms with E-state index in [1.165, 1.54) is 12.7 Å². The normalized spacial score (nSPS) is 24.8. The van der Waals surface area contributed by atoms with E-state index in [2.05, 4.69) is 28.7 Å². The van der Waals surface area contributed by atoms with Crippen LogP contribution in [0.4, 0.5) is 11.5 Å². The van der Waals surface area contributed by atoms with Crippen molar-refractivity contribution in [3.8, 4) is 5.88 Å². The van der Waals surface area contributed by atoms with Crippen molar-refractivity contribution < 1.29 is 4.74 Å². The van der Waals surface area contributed by atoms with Gasteiger partial charge in [0.1, 0.15) is 12.0 Å². The first-order chi connectivity index (χ1) is 8.11. The van der Waals surface area contributed by atoms with Gasteiger partial charge in [-0.05, 0) is 18.3 Å². The Labute approximate surface area is 102 Å². The average Bonchev–Trinajstić information content (AvgIpc) is 2.28. The molecule has 1 aliphatic rings. The molecule has 0 radical (unpaired) electrons. The third-order valence-corrected chi connectivity index (χ3v) is 3.19. The molecule has 1 saturated heterocycles. The van der Waals surface area contributed by atoms with E-state index in [1.807, 2.05) is 0 Å². The van der Waals surface area contributed by atoms with Crippen molar-refractivity contribution in [3.05, 3.63) is 6.33 Å². The van der Waals surface area contributed by atoms with E-state index < -0.39 is 0 Å². The van der Waals surface area contributed by atoms with Gasteiger partial charge in [-0.3, -0.25) is 0 Å². The van der Waals surface area contributed by atoms with Gasteiger partial charge < -0.3 is 15.4 Å². The van der Waals surface area contributed by atoms with Crippen LogP contribution in [-0.2, 0) is 0 Å². The molecular formula is C12H20N4O. The van der Waals surface area contributed by atoms with Crippen molar-refractivity contribution in [1.29, 1.82) is 0 Å². The fourth-order valence-corrected chi connectivity index (χ4v) is 2.62. The Morgan fingerprint density at radius 1 is 1.29 bits per heavy atom. The van der Waals surface area contributed by atoms with Crippen LogP contribution < -0.4 is 15.4 Å². The number of ether oxygens (including phenoxy) is 1. The minimum Gasteiger partial charge on any atom is -0.479 e. The van der Waals surface area contributed by atoms with Gasteiger partial charge >= 0.3 is 0 Å². The summed E-state index contributed by atoms with van der Waals surface area (Å²) in [5, 5.41) is 0. The van der Waals surface area contributed by atoms with Crippen LogP contribution in [0, 0.1) is 11.8 Å². The minimum absolute atomic E-state index is 0.459. The predicted molar refractivity (Wildman–Crippen MR) is 68.2 cm³/mol. The molecule has 2 unspecified atom stereocenters. The maximum atomic E-state index is 6.02. The van der Waals surface area contributed by atoms with Gasteiger partial charge in [0.25, 0.3) is 0 Å². The molecule has 1 aliphatic heterocycles. The largest absolute Gasteiger partial charge is 0.479 e. The zero-order chi connectivity index (χ0) is 12.4. The van der Waals surface area contributed by atoms with Crippen LogP contribution in [0.2, 0.25) is 0 Å². The van der Waals surface area contributed by atoms with Crippen molar-refractivity contribution in [2.45, 2.75) is 20.3 Å². The summed E-state index contributed by atoms with van der Waals surface area (Å²) in [6.07, 6.45) is 2.77. The molecule has 2 N–H and O–H groups in total. The topological polar surface area (TPSA) is 64.3 Å². The zero-order valence-corrected chi connectivity index (χ0v) is 10.7. The molecule has 5 heteroatoms. The van der Waals surface area contributed by atoms with Crippen molar-refractivity contribution in [3.63, 3.8) is 0 Å². The lowest BCUT2D eigenvalue weighted by atomic mass is 9.92. The highest BCUT2D eigenvalue weighted by atomic mass is 16.5. The number of hydrogen-bond donors (Lipinski definition) is 1. The quantitative estimate of drug-likeness (QED) is 0.844. The third-order valence-electron chi connectivity index (χ3n) is 3.19. The fourth-order valence-electron chi connectivity index (χ4n) is 2.62. The molecule has 2 heterocycles. The summed E-state index contributed by atoms with van der Waals surface area (Å²) in [5.41, 5.74) is 6.56. The number of rotatable bonds is 2. The number of nitrogen functional groups attached to an aromatic ring is 1. The summed E-state index contributed by atoms with van der Waals surface area (Å²) in [7, 11) is 1.57. The summed E-state index contributed by atoms with van der Waals surface area (Å²) >= 11 is 0. The maximum absolute atomic E-state index is 6.02. The Hall–Kier alpha value is -1.52. The van der Waals surface area contributed by atoms with Gasteiger partial charge in [-0.1, -0.05) is 13.8 Å². The number of methoxy groups -OCH3 is 1. The zero-order valence-electron chi connectivity index (χ0n) is 10.7. The highest BCUT2D eigenvalue weighted by Gasteiger charge is 2.25. The molecule has 0 spiro atoms. The summed E-state index contributed by atoms with van der Waals surface area (Å²) in [4.78, 5) is 10.5. The molecule has 0 bridgehead atoms. The van der Waals surface area contributed by atoms with Gasteiger partial charge in [-0.15, -0.1) is 0 Å². The van der Waals surface area contributed by atoms with Crippen LogP contribution in [-0.4, -0.2) is 30.2 Å². The van der Waals surface area contributed by atoms with Crippen LogP contribution in [0.3, 0.4) is 0 Å². The van der Waals surface area contributed by atoms with E-state index >= 15 is 0 Å². The van der Waals surface area contributed by atoms with E-state index in [4.69, 9.17) is 10.5 Å². The van der Waals surface area contributed by atoms with Crippen LogP contribution >= 0.6 is 0 Å². The van der Waals surface area contributed by atoms with Crippen molar-refractivity contribution in [1.82, 2.24) is 9.97 Å². The molecule has 2 rings (SSSR count). The van der Waals surface area contributed by atoms with Crippen molar-refractivity contribution in [2.75, 3.05) is 30.8 Å². The maximum Gasteiger partial charge on any atom is 0.242 e. The lowest BCUT2D eigenvalue weighted by molar-refractivity contribution is 0.354. The van der Waals surface area contributed by atoms with E-state index in [-0.39, 0.29) is 0 Å². The molecule has 2 atom stereocenters. The predicted octanol–water partition coefficient (Wildman–Crippen LogP) is 1.55. The number of piperidine rings is 1. The molecule has 0 saturated carbocycles. The lowest BCUT2D eigenvalue weighted by Gasteiger charge is -2.36. The molecule has 1 aromatic rings. The van der Waals surface area contributed by atoms with Crippen LogP contribution in [0.5, 0.6) is 5.88 Å². The van der Waals surface area contributed by atoms with Gasteiger partial charge in [0.15, 0.2) is 5.82 Å². The molecule has 94 valence electrons. The highest BCUT2D eigenvalue weighted by molar-refractivity contribution is 5.67. The van der Waals surface area contributed by atoms with Crippen LogP contribution in [0.1, 0.15) is 20.3 Å². The van der Waals surface area contributed by atoms with Gasteiger partial charge in [0, 0.05) is 13.1 Å². The van der Waals surface area contributed by atoms with Crippen molar-refractivity contribution >= 4 is 11.5 Å². The Kier molecular flexibility index (Phi) is 3.36. The number of nitrogens with zero attached hydrogens (tertiary/aromatic N) is 3. The summed E-state index contributed by atoms with van der Waals surface area (Å²) < 4.78 is 5.13. The highest BCUT2D eigenvalue weighted by Crippen LogP contribution is 2.31. The standard InChI is InChI=1S/C12H20N4O/c1-8-4-9(2)6-16(5-8)11-10(13)12(17-3)15-7-14-11/h7-9H,4-6,13H2,1-3H3. The third kappa shape index (κ3) is 2.43. The minimum atomic E-state index is 0.459. The second-order valence-electron chi connectivity index (χ2n) is 4.97. The smallest absolute Gasteiger partial charge is 0.242 e. The first kappa shape index (κ1) is 12.0. The first-order valence-electron chi connectivity index (χ1n) is 6.01. The Morgan fingerprint density at radius 2 is 1.94 bits per heavy atom. The number of hydrogen-bond acceptors (Lipinski definition) is 5. The van der Waals surface area contributed by atoms with Crippen LogP contribution in [0.15, 0.2) is 6.33 Å². The number of aromatic nitrogens is 2. The van der Waals surface area contributed by atoms with E-state index in [0.29, 0.717) is 23.4 Å². The van der Waals surface area contributed by atoms with Gasteiger partial charge in [0.2, 0.25) is 5.88 Å². The molecule has 0 amide bonds. The SMILES string of the molecule is COc1ncnc(N2CC(C)CC(C)C2)c1N. The lowest BCUT2D eigenvalue weighted by Crippen LogP contribution is -2.39. The summed E-state index contributed by atoms with van der Waals surface area (Å²) in [6, 6.07) is 0. The second-order valence-corrected chi connectivity index (χ2v) is 4.97. The van der Waals surface area contributed by atoms with Gasteiger partial charge in [-0.25, -0.2) is 4.98 Å². The van der Waals surface area contributed by atoms with Gasteiger partial charge in [0.05, 0.1) is 7.11 Å². The summed E-state index contributed by atoms with van der Waals surface area (Å²) in [6.45, 7) is 6.51. The number of nitrogens with two attached hydrogens (primary N) is 1. The molecule has 5 nitrogen and oxygen atoms in total. The molecule has 0 aliphatic carbocycles. The molecule has 17 heavy (non-hydrogen) atoms. The molecular weight excluding hydrogens is 216 g/mol. The van der Waals surface area contributed by atoms with E-state index in [1.54, 1.807) is 7.11 Å². The monoisotopic (exact) mass is 236 g/mol. The first-order valence-corrected chi connectivity index (χ1v) is 6.01. The number of anilines is 2. The Balaban J connectivity index is 2.27. The second kappa shape index (κ2) is 4.77. The van der Waals surface area contributed by atoms with Crippen LogP contribution in [0.25, 0.3) is 0 Å². The van der Waals surface area contributed by atoms with Crippen molar-refractivity contribution in [2.24, 2.45) is 11.8 Å². The Bertz CT molecular complexity index is 386. The summed E-state index contributed by atoms with van der Waals surface area (Å²) in [5.74, 6) is 2.59.